The first-order valence-corrected chi connectivity index (χ1v) is 12.9. The van der Waals surface area contributed by atoms with Gasteiger partial charge in [0, 0.05) is 65.2 Å². The molecule has 0 N–H and O–H groups in total. The normalized spacial score (nSPS) is 24.2. The van der Waals surface area contributed by atoms with Crippen molar-refractivity contribution in [3.05, 3.63) is 70.8 Å². The van der Waals surface area contributed by atoms with Crippen LogP contribution < -0.4 is 9.80 Å². The van der Waals surface area contributed by atoms with E-state index >= 15 is 0 Å². The van der Waals surface area contributed by atoms with E-state index in [0.29, 0.717) is 11.1 Å². The van der Waals surface area contributed by atoms with Crippen molar-refractivity contribution >= 4 is 47.4 Å². The molecule has 40 heavy (non-hydrogen) atoms. The molecule has 2 heterocycles. The summed E-state index contributed by atoms with van der Waals surface area (Å²) in [6.45, 7) is 0. The third kappa shape index (κ3) is 5.29. The fourth-order valence-corrected chi connectivity index (χ4v) is 4.83. The van der Waals surface area contributed by atoms with Gasteiger partial charge in [-0.15, -0.1) is 0 Å². The minimum Gasteiger partial charge on any atom is -0.419 e. The first-order valence-electron chi connectivity index (χ1n) is 12.9. The molecule has 10 heteroatoms. The second kappa shape index (κ2) is 10.2. The molecule has 2 saturated heterocycles. The van der Waals surface area contributed by atoms with Crippen molar-refractivity contribution in [1.82, 2.24) is 0 Å². The molecule has 3 fully saturated rings. The molecule has 10 nitrogen and oxygen atoms in total. The molecule has 0 radical (unpaired) electrons. The fraction of sp³-hybridized carbons (Fsp3) is 0.333. The van der Waals surface area contributed by atoms with Crippen LogP contribution in [0.2, 0.25) is 0 Å². The van der Waals surface area contributed by atoms with Crippen LogP contribution in [-0.4, -0.2) is 63.6 Å². The zero-order valence-corrected chi connectivity index (χ0v) is 22.8. The highest BCUT2D eigenvalue weighted by atomic mass is 16.8. The Morgan fingerprint density at radius 1 is 0.525 bits per heavy atom. The zero-order chi connectivity index (χ0) is 28.7. The number of nitrogens with zero attached hydrogens (tertiary/aromatic N) is 2. The van der Waals surface area contributed by atoms with E-state index in [-0.39, 0.29) is 36.8 Å². The molecule has 3 aliphatic rings. The molecule has 5 rings (SSSR count). The van der Waals surface area contributed by atoms with Crippen molar-refractivity contribution in [2.75, 3.05) is 38.0 Å². The van der Waals surface area contributed by atoms with E-state index < -0.39 is 35.5 Å². The van der Waals surface area contributed by atoms with E-state index in [4.69, 9.17) is 18.9 Å². The number of anilines is 2. The SMILES string of the molecule is CN(C)c1ccc(C=C2C(=O)OC3(CCC4(CC3)OC(=O)C(=Cc3ccc(N(C)C)cc3)C(=O)O4)OC2=O)cc1. The number of carbonyl (C=O) groups is 4. The molecule has 0 amide bonds. The van der Waals surface area contributed by atoms with Crippen molar-refractivity contribution in [3.63, 3.8) is 0 Å². The minimum atomic E-state index is -1.52. The van der Waals surface area contributed by atoms with Crippen LogP contribution in [-0.2, 0) is 38.1 Å². The topological polar surface area (TPSA) is 112 Å². The highest BCUT2D eigenvalue weighted by Crippen LogP contribution is 2.45. The van der Waals surface area contributed by atoms with Gasteiger partial charge in [0.2, 0.25) is 0 Å². The van der Waals surface area contributed by atoms with Gasteiger partial charge >= 0.3 is 23.9 Å². The number of hydrogen-bond acceptors (Lipinski definition) is 10. The molecule has 1 saturated carbocycles. The standard InChI is InChI=1S/C30H30N2O8/c1-31(2)21-9-5-19(6-10-21)17-23-25(33)37-29(38-26(23)34)13-15-30(16-14-29)39-27(35)24(28(36)40-30)18-20-7-11-22(12-8-20)32(3)4/h5-12,17-18H,13-16H2,1-4H3. The second-order valence-corrected chi connectivity index (χ2v) is 10.5. The minimum absolute atomic E-state index is 0.000890. The molecule has 2 aliphatic heterocycles. The Morgan fingerprint density at radius 3 is 1.05 bits per heavy atom. The van der Waals surface area contributed by atoms with E-state index in [2.05, 4.69) is 0 Å². The summed E-state index contributed by atoms with van der Waals surface area (Å²) in [6, 6.07) is 14.6. The Balaban J connectivity index is 1.24. The van der Waals surface area contributed by atoms with E-state index in [9.17, 15) is 19.2 Å². The lowest BCUT2D eigenvalue weighted by Crippen LogP contribution is -2.56. The van der Waals surface area contributed by atoms with Gasteiger partial charge in [0.15, 0.2) is 0 Å². The van der Waals surface area contributed by atoms with Crippen LogP contribution in [0.25, 0.3) is 12.2 Å². The van der Waals surface area contributed by atoms with Crippen molar-refractivity contribution in [1.29, 1.82) is 0 Å². The summed E-state index contributed by atoms with van der Waals surface area (Å²) in [7, 11) is 7.64. The number of benzene rings is 2. The van der Waals surface area contributed by atoms with Crippen LogP contribution in [0.1, 0.15) is 36.8 Å². The van der Waals surface area contributed by atoms with Crippen molar-refractivity contribution in [2.45, 2.75) is 37.3 Å². The van der Waals surface area contributed by atoms with Gasteiger partial charge in [0.1, 0.15) is 11.1 Å². The van der Waals surface area contributed by atoms with Crippen LogP contribution in [0.5, 0.6) is 0 Å². The van der Waals surface area contributed by atoms with E-state index in [1.165, 1.54) is 12.2 Å². The number of rotatable bonds is 4. The number of ether oxygens (including phenoxy) is 4. The summed E-state index contributed by atoms with van der Waals surface area (Å²) in [4.78, 5) is 55.2. The highest BCUT2D eigenvalue weighted by Gasteiger charge is 2.56. The summed E-state index contributed by atoms with van der Waals surface area (Å²) in [6.07, 6.45) is 2.85. The van der Waals surface area contributed by atoms with Gasteiger partial charge < -0.3 is 28.7 Å². The molecule has 1 aliphatic carbocycles. The Hall–Kier alpha value is -4.60. The summed E-state index contributed by atoms with van der Waals surface area (Å²) in [5.74, 6) is -6.23. The Morgan fingerprint density at radius 2 is 0.800 bits per heavy atom. The molecule has 2 aromatic rings. The van der Waals surface area contributed by atoms with Gasteiger partial charge in [-0.2, -0.15) is 0 Å². The van der Waals surface area contributed by atoms with E-state index in [1.807, 2.05) is 62.3 Å². The van der Waals surface area contributed by atoms with Crippen LogP contribution in [0.3, 0.4) is 0 Å². The molecule has 0 unspecified atom stereocenters. The quantitative estimate of drug-likeness (QED) is 0.321. The maximum Gasteiger partial charge on any atom is 0.348 e. The van der Waals surface area contributed by atoms with E-state index in [0.717, 1.165) is 11.4 Å². The lowest BCUT2D eigenvalue weighted by Gasteiger charge is -2.46. The highest BCUT2D eigenvalue weighted by molar-refractivity contribution is 6.19. The number of carbonyl (C=O) groups excluding carboxylic acids is 4. The van der Waals surface area contributed by atoms with Crippen molar-refractivity contribution in [3.8, 4) is 0 Å². The molecule has 2 aromatic carbocycles. The van der Waals surface area contributed by atoms with Gasteiger partial charge in [0.25, 0.3) is 11.6 Å². The average Bonchev–Trinajstić information content (AvgIpc) is 2.91. The molecule has 2 spiro atoms. The Bertz CT molecular complexity index is 1260. The fourth-order valence-electron chi connectivity index (χ4n) is 4.83. The Kier molecular flexibility index (Phi) is 6.87. The lowest BCUT2D eigenvalue weighted by atomic mass is 9.87. The monoisotopic (exact) mass is 546 g/mol. The number of hydrogen-bond donors (Lipinski definition) is 0. The summed E-state index contributed by atoms with van der Waals surface area (Å²) in [5.41, 5.74) is 2.80. The largest absolute Gasteiger partial charge is 0.419 e. The summed E-state index contributed by atoms with van der Waals surface area (Å²) < 4.78 is 22.4. The molecule has 0 bridgehead atoms. The first kappa shape index (κ1) is 27.0. The number of esters is 4. The molecular weight excluding hydrogens is 516 g/mol. The summed E-state index contributed by atoms with van der Waals surface area (Å²) >= 11 is 0. The predicted molar refractivity (Wildman–Crippen MR) is 146 cm³/mol. The zero-order valence-electron chi connectivity index (χ0n) is 22.8. The average molecular weight is 547 g/mol. The van der Waals surface area contributed by atoms with Crippen LogP contribution in [0.4, 0.5) is 11.4 Å². The third-order valence-electron chi connectivity index (χ3n) is 7.21. The molecular formula is C30H30N2O8. The van der Waals surface area contributed by atoms with Gasteiger partial charge in [0.05, 0.1) is 0 Å². The van der Waals surface area contributed by atoms with Crippen molar-refractivity contribution < 1.29 is 38.1 Å². The maximum absolute atomic E-state index is 12.8. The van der Waals surface area contributed by atoms with Gasteiger partial charge in [-0.05, 0) is 47.5 Å². The first-order chi connectivity index (χ1) is 19.0. The second-order valence-electron chi connectivity index (χ2n) is 10.5. The summed E-state index contributed by atoms with van der Waals surface area (Å²) in [5, 5.41) is 0. The Labute approximate surface area is 231 Å². The molecule has 208 valence electrons. The van der Waals surface area contributed by atoms with Gasteiger partial charge in [-0.1, -0.05) is 24.3 Å². The lowest BCUT2D eigenvalue weighted by molar-refractivity contribution is -0.291. The van der Waals surface area contributed by atoms with Crippen LogP contribution in [0, 0.1) is 0 Å². The van der Waals surface area contributed by atoms with Crippen molar-refractivity contribution in [2.24, 2.45) is 0 Å². The predicted octanol–water partition coefficient (Wildman–Crippen LogP) is 3.45. The van der Waals surface area contributed by atoms with E-state index in [1.54, 1.807) is 24.3 Å². The van der Waals surface area contributed by atoms with Gasteiger partial charge in [-0.3, -0.25) is 0 Å². The van der Waals surface area contributed by atoms with Gasteiger partial charge in [-0.25, -0.2) is 19.2 Å². The van der Waals surface area contributed by atoms with Crippen LogP contribution in [0.15, 0.2) is 59.7 Å². The maximum atomic E-state index is 12.8. The van der Waals surface area contributed by atoms with Crippen LogP contribution >= 0.6 is 0 Å². The third-order valence-corrected chi connectivity index (χ3v) is 7.21. The molecule has 0 aromatic heterocycles. The smallest absolute Gasteiger partial charge is 0.348 e. The molecule has 0 atom stereocenters.